The van der Waals surface area contributed by atoms with Crippen LogP contribution in [0.25, 0.3) is 0 Å². The lowest BCUT2D eigenvalue weighted by Crippen LogP contribution is -2.26. The van der Waals surface area contributed by atoms with Gasteiger partial charge in [0.25, 0.3) is 5.91 Å². The second-order valence-electron chi connectivity index (χ2n) is 6.39. The Bertz CT molecular complexity index is 781. The van der Waals surface area contributed by atoms with Crippen molar-refractivity contribution in [1.29, 1.82) is 0 Å². The summed E-state index contributed by atoms with van der Waals surface area (Å²) in [7, 11) is 2.99. The molecule has 2 N–H and O–H groups in total. The van der Waals surface area contributed by atoms with E-state index >= 15 is 0 Å². The maximum Gasteiger partial charge on any atom is 0.443 e. The zero-order valence-electron chi connectivity index (χ0n) is 16.4. The number of hydrogen-bond donors (Lipinski definition) is 2. The van der Waals surface area contributed by atoms with E-state index in [2.05, 4.69) is 15.6 Å². The number of halogens is 3. The minimum Gasteiger partial charge on any atom is -0.484 e. The molecule has 0 radical (unpaired) electrons. The normalized spacial score (nSPS) is 13.7. The Kier molecular flexibility index (Phi) is 8.42. The van der Waals surface area contributed by atoms with Gasteiger partial charge in [-0.2, -0.15) is 13.2 Å². The largest absolute Gasteiger partial charge is 0.484 e. The van der Waals surface area contributed by atoms with Crippen LogP contribution < -0.4 is 15.4 Å². The first-order valence-corrected chi connectivity index (χ1v) is 9.82. The number of carbonyl (C=O) groups excluding carboxylic acids is 1. The summed E-state index contributed by atoms with van der Waals surface area (Å²) in [5.74, 6) is 0.546. The van der Waals surface area contributed by atoms with E-state index in [1.807, 2.05) is 19.1 Å². The number of amides is 1. The first-order chi connectivity index (χ1) is 13.7. The summed E-state index contributed by atoms with van der Waals surface area (Å²) in [6.45, 7) is 2.93. The van der Waals surface area contributed by atoms with Crippen molar-refractivity contribution in [1.82, 2.24) is 15.6 Å². The van der Waals surface area contributed by atoms with Gasteiger partial charge in [-0.3, -0.25) is 4.79 Å². The Morgan fingerprint density at radius 3 is 2.48 bits per heavy atom. The molecule has 0 aliphatic rings. The highest BCUT2D eigenvalue weighted by Gasteiger charge is 2.35. The van der Waals surface area contributed by atoms with Gasteiger partial charge < -0.3 is 20.1 Å². The average Bonchev–Trinajstić information content (AvgIpc) is 3.20. The van der Waals surface area contributed by atoms with Crippen molar-refractivity contribution in [2.24, 2.45) is 0 Å². The summed E-state index contributed by atoms with van der Waals surface area (Å²) in [6, 6.07) is 7.41. The van der Waals surface area contributed by atoms with Gasteiger partial charge in [0.1, 0.15) is 11.9 Å². The number of alkyl halides is 3. The molecule has 0 aliphatic carbocycles. The predicted molar refractivity (Wildman–Crippen MR) is 104 cm³/mol. The van der Waals surface area contributed by atoms with E-state index in [4.69, 9.17) is 9.47 Å². The third-order valence-electron chi connectivity index (χ3n) is 4.26. The quantitative estimate of drug-likeness (QED) is 0.604. The SMILES string of the molecule is CNC(=O)COc1ccc(C(C)CNCC(OC)c2csc(C(F)(F)F)n2)cc1. The molecule has 2 unspecified atom stereocenters. The smallest absolute Gasteiger partial charge is 0.443 e. The molecule has 0 fully saturated rings. The van der Waals surface area contributed by atoms with Crippen LogP contribution in [0, 0.1) is 0 Å². The van der Waals surface area contributed by atoms with E-state index in [-0.39, 0.29) is 24.1 Å². The number of aromatic nitrogens is 1. The van der Waals surface area contributed by atoms with Gasteiger partial charge in [0.15, 0.2) is 11.6 Å². The fraction of sp³-hybridized carbons (Fsp3) is 0.474. The minimum atomic E-state index is -4.45. The number of rotatable bonds is 10. The molecule has 6 nitrogen and oxygen atoms in total. The van der Waals surface area contributed by atoms with Crippen LogP contribution in [0.3, 0.4) is 0 Å². The second kappa shape index (κ2) is 10.6. The fourth-order valence-electron chi connectivity index (χ4n) is 2.54. The molecule has 1 aromatic carbocycles. The number of hydrogen-bond acceptors (Lipinski definition) is 6. The number of ether oxygens (including phenoxy) is 2. The molecule has 1 aromatic heterocycles. The van der Waals surface area contributed by atoms with Crippen LogP contribution in [-0.4, -0.2) is 44.7 Å². The molecule has 0 aliphatic heterocycles. The Hall–Kier alpha value is -2.17. The van der Waals surface area contributed by atoms with Crippen molar-refractivity contribution in [3.05, 3.63) is 45.9 Å². The Balaban J connectivity index is 1.84. The van der Waals surface area contributed by atoms with Crippen LogP contribution in [0.2, 0.25) is 0 Å². The van der Waals surface area contributed by atoms with Gasteiger partial charge in [0.2, 0.25) is 0 Å². The molecule has 10 heteroatoms. The van der Waals surface area contributed by atoms with Gasteiger partial charge in [0.05, 0.1) is 5.69 Å². The van der Waals surface area contributed by atoms with Crippen molar-refractivity contribution in [2.75, 3.05) is 33.9 Å². The zero-order chi connectivity index (χ0) is 21.4. The van der Waals surface area contributed by atoms with Gasteiger partial charge in [-0.05, 0) is 23.6 Å². The highest BCUT2D eigenvalue weighted by atomic mass is 32.1. The topological polar surface area (TPSA) is 72.5 Å². The van der Waals surface area contributed by atoms with Gasteiger partial charge in [0, 0.05) is 32.6 Å². The fourth-order valence-corrected chi connectivity index (χ4v) is 3.26. The second-order valence-corrected chi connectivity index (χ2v) is 7.25. The molecular weight excluding hydrogens is 407 g/mol. The van der Waals surface area contributed by atoms with E-state index in [0.717, 1.165) is 5.56 Å². The molecule has 2 aromatic rings. The summed E-state index contributed by atoms with van der Waals surface area (Å²) in [4.78, 5) is 14.8. The predicted octanol–water partition coefficient (Wildman–Crippen LogP) is 3.37. The summed E-state index contributed by atoms with van der Waals surface area (Å²) in [5.41, 5.74) is 1.33. The number of methoxy groups -OCH3 is 1. The molecule has 2 atom stereocenters. The molecule has 0 saturated heterocycles. The third kappa shape index (κ3) is 6.98. The third-order valence-corrected chi connectivity index (χ3v) is 5.16. The molecule has 0 spiro atoms. The highest BCUT2D eigenvalue weighted by Crippen LogP contribution is 2.33. The summed E-state index contributed by atoms with van der Waals surface area (Å²) in [5, 5.41) is 6.20. The van der Waals surface area contributed by atoms with Crippen molar-refractivity contribution in [2.45, 2.75) is 25.1 Å². The Morgan fingerprint density at radius 1 is 1.24 bits per heavy atom. The highest BCUT2D eigenvalue weighted by molar-refractivity contribution is 7.09. The van der Waals surface area contributed by atoms with Crippen molar-refractivity contribution in [3.8, 4) is 5.75 Å². The lowest BCUT2D eigenvalue weighted by Gasteiger charge is -2.17. The molecular formula is C19H24F3N3O3S. The molecule has 0 bridgehead atoms. The van der Waals surface area contributed by atoms with Gasteiger partial charge in [-0.1, -0.05) is 19.1 Å². The van der Waals surface area contributed by atoms with E-state index in [1.54, 1.807) is 19.2 Å². The van der Waals surface area contributed by atoms with Crippen molar-refractivity contribution >= 4 is 17.2 Å². The van der Waals surface area contributed by atoms with Crippen LogP contribution >= 0.6 is 11.3 Å². The first-order valence-electron chi connectivity index (χ1n) is 8.94. The summed E-state index contributed by atoms with van der Waals surface area (Å²) < 4.78 is 48.8. The van der Waals surface area contributed by atoms with Gasteiger partial charge in [-0.25, -0.2) is 4.98 Å². The molecule has 29 heavy (non-hydrogen) atoms. The lowest BCUT2D eigenvalue weighted by atomic mass is 10.0. The van der Waals surface area contributed by atoms with E-state index in [0.29, 0.717) is 30.2 Å². The average molecular weight is 431 g/mol. The molecule has 1 heterocycles. The van der Waals surface area contributed by atoms with E-state index in [9.17, 15) is 18.0 Å². The summed E-state index contributed by atoms with van der Waals surface area (Å²) >= 11 is 0.564. The summed E-state index contributed by atoms with van der Waals surface area (Å²) in [6.07, 6.45) is -5.01. The van der Waals surface area contributed by atoms with Crippen LogP contribution in [0.1, 0.15) is 35.2 Å². The standard InChI is InChI=1S/C19H24F3N3O3S/c1-12(13-4-6-14(7-5-13)28-10-17(26)23-2)8-24-9-16(27-3)15-11-29-18(25-15)19(20,21)22/h4-7,11-12,16,24H,8-10H2,1-3H3,(H,23,26). The Labute approximate surface area is 171 Å². The molecule has 1 amide bonds. The number of likely N-dealkylation sites (N-methyl/N-ethyl adjacent to an activating group) is 1. The maximum atomic E-state index is 12.7. The van der Waals surface area contributed by atoms with Crippen LogP contribution in [0.5, 0.6) is 5.75 Å². The number of carbonyl (C=O) groups is 1. The molecule has 160 valence electrons. The van der Waals surface area contributed by atoms with E-state index < -0.39 is 17.3 Å². The number of nitrogens with one attached hydrogen (secondary N) is 2. The first kappa shape index (κ1) is 23.1. The molecule has 0 saturated carbocycles. The van der Waals surface area contributed by atoms with Crippen molar-refractivity contribution in [3.63, 3.8) is 0 Å². The minimum absolute atomic E-state index is 0.0436. The zero-order valence-corrected chi connectivity index (χ0v) is 17.2. The number of benzene rings is 1. The van der Waals surface area contributed by atoms with E-state index in [1.165, 1.54) is 12.5 Å². The number of nitrogens with zero attached hydrogens (tertiary/aromatic N) is 1. The van der Waals surface area contributed by atoms with Gasteiger partial charge in [-0.15, -0.1) is 11.3 Å². The number of thiazole rings is 1. The molecule has 2 rings (SSSR count). The van der Waals surface area contributed by atoms with Crippen LogP contribution in [-0.2, 0) is 15.7 Å². The van der Waals surface area contributed by atoms with Gasteiger partial charge >= 0.3 is 6.18 Å². The Morgan fingerprint density at radius 2 is 1.93 bits per heavy atom. The van der Waals surface area contributed by atoms with Crippen LogP contribution in [0.4, 0.5) is 13.2 Å². The monoisotopic (exact) mass is 431 g/mol. The van der Waals surface area contributed by atoms with Crippen molar-refractivity contribution < 1.29 is 27.4 Å². The lowest BCUT2D eigenvalue weighted by molar-refractivity contribution is -0.137. The maximum absolute atomic E-state index is 12.7. The van der Waals surface area contributed by atoms with Crippen LogP contribution in [0.15, 0.2) is 29.6 Å².